The Morgan fingerprint density at radius 1 is 1.33 bits per heavy atom. The lowest BCUT2D eigenvalue weighted by molar-refractivity contribution is 0.0966. The number of aromatic nitrogens is 2. The van der Waals surface area contributed by atoms with Crippen LogP contribution in [0.1, 0.15) is 55.6 Å². The number of anilines is 2. The van der Waals surface area contributed by atoms with Crippen molar-refractivity contribution in [2.45, 2.75) is 58.2 Å². The van der Waals surface area contributed by atoms with Gasteiger partial charge in [-0.05, 0) is 38.3 Å². The smallest absolute Gasteiger partial charge is 0.257 e. The summed E-state index contributed by atoms with van der Waals surface area (Å²) >= 11 is 0. The van der Waals surface area contributed by atoms with Gasteiger partial charge in [0.25, 0.3) is 5.91 Å². The number of nitrogens with two attached hydrogens (primary N) is 1. The number of nitrogens with one attached hydrogen (secondary N) is 3. The van der Waals surface area contributed by atoms with Crippen LogP contribution in [-0.2, 0) is 6.54 Å². The second-order valence-electron chi connectivity index (χ2n) is 7.06. The summed E-state index contributed by atoms with van der Waals surface area (Å²) in [5.74, 6) is 0.853. The Balaban J connectivity index is 1.91. The molecule has 2 atom stereocenters. The first-order chi connectivity index (χ1) is 13.0. The van der Waals surface area contributed by atoms with Crippen molar-refractivity contribution in [1.82, 2.24) is 15.3 Å². The molecule has 7 heteroatoms. The third-order valence-electron chi connectivity index (χ3n) is 5.04. The Bertz CT molecular complexity index is 798. The number of carbonyl (C=O) groups excluding carboxylic acids is 1. The summed E-state index contributed by atoms with van der Waals surface area (Å²) in [7, 11) is 0. The van der Waals surface area contributed by atoms with Crippen molar-refractivity contribution in [2.24, 2.45) is 5.73 Å². The van der Waals surface area contributed by atoms with E-state index in [9.17, 15) is 4.79 Å². The molecule has 0 aromatic carbocycles. The largest absolute Gasteiger partial charge is 0.350 e. The van der Waals surface area contributed by atoms with Gasteiger partial charge in [0.15, 0.2) is 0 Å². The van der Waals surface area contributed by atoms with Crippen LogP contribution >= 0.6 is 0 Å². The van der Waals surface area contributed by atoms with E-state index >= 15 is 0 Å². The van der Waals surface area contributed by atoms with Crippen LogP contribution in [0.2, 0.25) is 0 Å². The summed E-state index contributed by atoms with van der Waals surface area (Å²) in [5, 5.41) is 9.47. The van der Waals surface area contributed by atoms with Gasteiger partial charge in [-0.1, -0.05) is 31.6 Å². The Labute approximate surface area is 160 Å². The molecule has 27 heavy (non-hydrogen) atoms. The number of allylic oxidation sites excluding steroid dienone is 4. The van der Waals surface area contributed by atoms with Crippen molar-refractivity contribution in [2.75, 3.05) is 10.6 Å². The van der Waals surface area contributed by atoms with E-state index < -0.39 is 0 Å². The number of fused-ring (bicyclic) bond motifs is 1. The average molecular weight is 368 g/mol. The third kappa shape index (κ3) is 4.36. The summed E-state index contributed by atoms with van der Waals surface area (Å²) in [5.41, 5.74) is 9.29. The monoisotopic (exact) mass is 368 g/mol. The number of hydrogen-bond donors (Lipinski definition) is 4. The quantitative estimate of drug-likeness (QED) is 0.576. The SMILES string of the molecule is C=C/C(C)=C\C(=C/C)Nc1nc(N[C@@H]2CCCC[C@@H]2N)nc2c1C(=O)NC2. The second kappa shape index (κ2) is 8.35. The fraction of sp³-hybridized carbons (Fsp3) is 0.450. The van der Waals surface area contributed by atoms with E-state index in [1.165, 1.54) is 0 Å². The first-order valence-corrected chi connectivity index (χ1v) is 9.47. The maximum atomic E-state index is 12.3. The molecule has 1 amide bonds. The molecule has 1 aromatic heterocycles. The highest BCUT2D eigenvalue weighted by molar-refractivity contribution is 6.02. The minimum absolute atomic E-state index is 0.0936. The van der Waals surface area contributed by atoms with Gasteiger partial charge in [0.2, 0.25) is 5.95 Å². The molecular formula is C20H28N6O. The maximum Gasteiger partial charge on any atom is 0.257 e. The Hall–Kier alpha value is -2.67. The van der Waals surface area contributed by atoms with Gasteiger partial charge >= 0.3 is 0 Å². The van der Waals surface area contributed by atoms with Gasteiger partial charge in [0.1, 0.15) is 11.4 Å². The third-order valence-corrected chi connectivity index (χ3v) is 5.04. The molecule has 7 nitrogen and oxygen atoms in total. The van der Waals surface area contributed by atoms with E-state index in [0.29, 0.717) is 29.6 Å². The predicted molar refractivity (Wildman–Crippen MR) is 108 cm³/mol. The molecule has 0 radical (unpaired) electrons. The zero-order valence-electron chi connectivity index (χ0n) is 16.0. The van der Waals surface area contributed by atoms with E-state index in [1.54, 1.807) is 6.08 Å². The number of nitrogens with zero attached hydrogens (tertiary/aromatic N) is 2. The topological polar surface area (TPSA) is 105 Å². The van der Waals surface area contributed by atoms with E-state index in [2.05, 4.69) is 32.5 Å². The molecule has 144 valence electrons. The first-order valence-electron chi connectivity index (χ1n) is 9.47. The van der Waals surface area contributed by atoms with Gasteiger partial charge in [-0.25, -0.2) is 4.98 Å². The Kier molecular flexibility index (Phi) is 5.91. The molecule has 3 rings (SSSR count). The summed E-state index contributed by atoms with van der Waals surface area (Å²) in [6.07, 6.45) is 9.98. The van der Waals surface area contributed by atoms with Crippen molar-refractivity contribution in [3.05, 3.63) is 47.3 Å². The molecular weight excluding hydrogens is 340 g/mol. The van der Waals surface area contributed by atoms with Crippen LogP contribution in [0.3, 0.4) is 0 Å². The lowest BCUT2D eigenvalue weighted by atomic mass is 9.91. The van der Waals surface area contributed by atoms with Gasteiger partial charge < -0.3 is 21.7 Å². The minimum atomic E-state index is -0.159. The minimum Gasteiger partial charge on any atom is -0.350 e. The summed E-state index contributed by atoms with van der Waals surface area (Å²) < 4.78 is 0. The van der Waals surface area contributed by atoms with Crippen LogP contribution in [0.15, 0.2) is 36.1 Å². The van der Waals surface area contributed by atoms with E-state index in [-0.39, 0.29) is 18.0 Å². The highest BCUT2D eigenvalue weighted by atomic mass is 16.2. The Morgan fingerprint density at radius 2 is 2.11 bits per heavy atom. The van der Waals surface area contributed by atoms with Crippen molar-refractivity contribution in [3.63, 3.8) is 0 Å². The van der Waals surface area contributed by atoms with Crippen molar-refractivity contribution >= 4 is 17.7 Å². The average Bonchev–Trinajstić information content (AvgIpc) is 3.04. The fourth-order valence-corrected chi connectivity index (χ4v) is 3.42. The summed E-state index contributed by atoms with van der Waals surface area (Å²) in [4.78, 5) is 21.4. The van der Waals surface area contributed by atoms with Gasteiger partial charge in [0.05, 0.1) is 12.2 Å². The van der Waals surface area contributed by atoms with Crippen molar-refractivity contribution in [3.8, 4) is 0 Å². The van der Waals surface area contributed by atoms with Crippen LogP contribution in [0.5, 0.6) is 0 Å². The molecule has 1 saturated carbocycles. The maximum absolute atomic E-state index is 12.3. The number of hydrogen-bond acceptors (Lipinski definition) is 6. The molecule has 0 bridgehead atoms. The van der Waals surface area contributed by atoms with Crippen LogP contribution < -0.4 is 21.7 Å². The van der Waals surface area contributed by atoms with Gasteiger partial charge in [-0.15, -0.1) is 0 Å². The van der Waals surface area contributed by atoms with Crippen LogP contribution in [0.25, 0.3) is 0 Å². The number of carbonyl (C=O) groups is 1. The van der Waals surface area contributed by atoms with E-state index in [0.717, 1.165) is 37.0 Å². The molecule has 0 saturated heterocycles. The number of amides is 1. The highest BCUT2D eigenvalue weighted by Crippen LogP contribution is 2.26. The van der Waals surface area contributed by atoms with Crippen molar-refractivity contribution in [1.29, 1.82) is 0 Å². The summed E-state index contributed by atoms with van der Waals surface area (Å²) in [6, 6.07) is 0.245. The van der Waals surface area contributed by atoms with Crippen LogP contribution in [0.4, 0.5) is 11.8 Å². The Morgan fingerprint density at radius 3 is 2.81 bits per heavy atom. The molecule has 1 aliphatic carbocycles. The van der Waals surface area contributed by atoms with Crippen molar-refractivity contribution < 1.29 is 4.79 Å². The first kappa shape index (κ1) is 19.1. The standard InChI is InChI=1S/C20H28N6O/c1-4-12(3)10-13(5-2)23-18-17-16(11-22-19(17)27)25-20(26-18)24-15-9-7-6-8-14(15)21/h4-5,10,14-15H,1,6-9,11,21H2,2-3H3,(H,22,27)(H2,23,24,25,26)/b12-10-,13-5+/t14-,15+/m0/s1. The molecule has 2 heterocycles. The molecule has 2 aliphatic rings. The zero-order chi connectivity index (χ0) is 19.4. The summed E-state index contributed by atoms with van der Waals surface area (Å²) in [6.45, 7) is 8.07. The van der Waals surface area contributed by atoms with E-state index in [1.807, 2.05) is 26.0 Å². The van der Waals surface area contributed by atoms with Crippen LogP contribution in [0, 0.1) is 0 Å². The zero-order valence-corrected chi connectivity index (χ0v) is 16.0. The number of rotatable bonds is 6. The molecule has 5 N–H and O–H groups in total. The molecule has 1 aliphatic heterocycles. The van der Waals surface area contributed by atoms with Gasteiger partial charge in [-0.3, -0.25) is 4.79 Å². The molecule has 0 spiro atoms. The van der Waals surface area contributed by atoms with E-state index in [4.69, 9.17) is 5.73 Å². The van der Waals surface area contributed by atoms with Gasteiger partial charge in [-0.2, -0.15) is 4.98 Å². The molecule has 1 fully saturated rings. The highest BCUT2D eigenvalue weighted by Gasteiger charge is 2.28. The lowest BCUT2D eigenvalue weighted by Gasteiger charge is -2.29. The van der Waals surface area contributed by atoms with Gasteiger partial charge in [0, 0.05) is 17.8 Å². The fourth-order valence-electron chi connectivity index (χ4n) is 3.42. The second-order valence-corrected chi connectivity index (χ2v) is 7.06. The lowest BCUT2D eigenvalue weighted by Crippen LogP contribution is -2.43. The normalized spacial score (nSPS) is 22.9. The predicted octanol–water partition coefficient (Wildman–Crippen LogP) is 2.85. The molecule has 0 unspecified atom stereocenters. The molecule has 1 aromatic rings. The van der Waals surface area contributed by atoms with Crippen LogP contribution in [-0.4, -0.2) is 28.0 Å².